The Hall–Kier alpha value is -0.450. The van der Waals surface area contributed by atoms with Crippen LogP contribution in [0.15, 0.2) is 5.38 Å². The van der Waals surface area contributed by atoms with Gasteiger partial charge in [-0.05, 0) is 12.8 Å². The van der Waals surface area contributed by atoms with Crippen molar-refractivity contribution in [1.82, 2.24) is 15.2 Å². The summed E-state index contributed by atoms with van der Waals surface area (Å²) >= 11 is 1.82. The molecule has 0 aromatic carbocycles. The normalized spacial score (nSPS) is 26.0. The van der Waals surface area contributed by atoms with Gasteiger partial charge in [-0.25, -0.2) is 4.98 Å². The van der Waals surface area contributed by atoms with E-state index in [0.29, 0.717) is 12.1 Å². The monoisotopic (exact) mass is 309 g/mol. The van der Waals surface area contributed by atoms with Gasteiger partial charge in [0.25, 0.3) is 0 Å². The molecular formula is C17H31N3S. The summed E-state index contributed by atoms with van der Waals surface area (Å²) < 4.78 is 0. The molecule has 3 unspecified atom stereocenters. The molecule has 0 radical (unpaired) electrons. The zero-order valence-electron chi connectivity index (χ0n) is 14.4. The van der Waals surface area contributed by atoms with Gasteiger partial charge in [-0.2, -0.15) is 0 Å². The number of rotatable bonds is 4. The molecule has 4 heteroatoms. The predicted molar refractivity (Wildman–Crippen MR) is 91.9 cm³/mol. The number of piperazine rings is 1. The van der Waals surface area contributed by atoms with Crippen molar-refractivity contribution in [3.63, 3.8) is 0 Å². The lowest BCUT2D eigenvalue weighted by Gasteiger charge is -2.41. The van der Waals surface area contributed by atoms with E-state index in [1.807, 2.05) is 11.3 Å². The molecular weight excluding hydrogens is 278 g/mol. The molecule has 0 aliphatic carbocycles. The van der Waals surface area contributed by atoms with Gasteiger partial charge >= 0.3 is 0 Å². The van der Waals surface area contributed by atoms with Crippen LogP contribution in [0, 0.1) is 5.92 Å². The van der Waals surface area contributed by atoms with Gasteiger partial charge in [0, 0.05) is 36.0 Å². The molecule has 1 aromatic rings. The van der Waals surface area contributed by atoms with Crippen molar-refractivity contribution in [2.24, 2.45) is 5.92 Å². The van der Waals surface area contributed by atoms with Gasteiger partial charge in [0.05, 0.1) is 12.2 Å². The maximum Gasteiger partial charge on any atom is 0.107 e. The van der Waals surface area contributed by atoms with Gasteiger partial charge in [0.15, 0.2) is 0 Å². The van der Waals surface area contributed by atoms with E-state index in [1.165, 1.54) is 17.1 Å². The summed E-state index contributed by atoms with van der Waals surface area (Å²) in [5.74, 6) is 0.729. The Morgan fingerprint density at radius 2 is 2.19 bits per heavy atom. The highest BCUT2D eigenvalue weighted by Crippen LogP contribution is 2.26. The molecule has 120 valence electrons. The van der Waals surface area contributed by atoms with Gasteiger partial charge in [0.1, 0.15) is 5.01 Å². The summed E-state index contributed by atoms with van der Waals surface area (Å²) in [6.07, 6.45) is 1.24. The highest BCUT2D eigenvalue weighted by molar-refractivity contribution is 7.09. The molecule has 1 aliphatic rings. The third-order valence-electron chi connectivity index (χ3n) is 4.61. The SMILES string of the molecule is CCC(C)C1CNC(C)CN1Cc1nc(C(C)(C)C)cs1. The van der Waals surface area contributed by atoms with Crippen molar-refractivity contribution >= 4 is 11.3 Å². The summed E-state index contributed by atoms with van der Waals surface area (Å²) in [4.78, 5) is 7.52. The molecule has 1 saturated heterocycles. The van der Waals surface area contributed by atoms with Crippen LogP contribution in [0.3, 0.4) is 0 Å². The van der Waals surface area contributed by atoms with Gasteiger partial charge in [-0.15, -0.1) is 11.3 Å². The summed E-state index contributed by atoms with van der Waals surface area (Å²) in [6, 6.07) is 1.21. The van der Waals surface area contributed by atoms with E-state index in [1.54, 1.807) is 0 Å². The lowest BCUT2D eigenvalue weighted by molar-refractivity contribution is 0.0883. The molecule has 1 N–H and O–H groups in total. The van der Waals surface area contributed by atoms with Crippen molar-refractivity contribution < 1.29 is 0 Å². The molecule has 0 bridgehead atoms. The molecule has 3 atom stereocenters. The highest BCUT2D eigenvalue weighted by atomic mass is 32.1. The van der Waals surface area contributed by atoms with Crippen LogP contribution in [0.5, 0.6) is 0 Å². The molecule has 1 fully saturated rings. The van der Waals surface area contributed by atoms with E-state index in [-0.39, 0.29) is 5.41 Å². The van der Waals surface area contributed by atoms with E-state index in [0.717, 1.165) is 25.6 Å². The average Bonchev–Trinajstić information content (AvgIpc) is 2.86. The molecule has 1 aromatic heterocycles. The second-order valence-corrected chi connectivity index (χ2v) is 8.51. The number of hydrogen-bond acceptors (Lipinski definition) is 4. The molecule has 1 aliphatic heterocycles. The van der Waals surface area contributed by atoms with Crippen molar-refractivity contribution in [1.29, 1.82) is 0 Å². The molecule has 2 rings (SSSR count). The number of aromatic nitrogens is 1. The van der Waals surface area contributed by atoms with Crippen molar-refractivity contribution in [2.45, 2.75) is 72.0 Å². The molecule has 3 nitrogen and oxygen atoms in total. The van der Waals surface area contributed by atoms with Crippen LogP contribution in [0.4, 0.5) is 0 Å². The van der Waals surface area contributed by atoms with E-state index in [2.05, 4.69) is 57.1 Å². The van der Waals surface area contributed by atoms with Gasteiger partial charge in [-0.1, -0.05) is 41.0 Å². The zero-order chi connectivity index (χ0) is 15.6. The molecule has 0 spiro atoms. The minimum Gasteiger partial charge on any atom is -0.311 e. The van der Waals surface area contributed by atoms with Gasteiger partial charge in [-0.3, -0.25) is 4.90 Å². The molecule has 0 amide bonds. The van der Waals surface area contributed by atoms with Crippen LogP contribution < -0.4 is 5.32 Å². The van der Waals surface area contributed by atoms with Crippen LogP contribution >= 0.6 is 11.3 Å². The number of thiazole rings is 1. The van der Waals surface area contributed by atoms with Crippen LogP contribution in [-0.2, 0) is 12.0 Å². The second-order valence-electron chi connectivity index (χ2n) is 7.57. The van der Waals surface area contributed by atoms with Crippen molar-refractivity contribution in [2.75, 3.05) is 13.1 Å². The maximum atomic E-state index is 4.88. The maximum absolute atomic E-state index is 4.88. The Bertz CT molecular complexity index is 449. The van der Waals surface area contributed by atoms with Crippen LogP contribution in [0.2, 0.25) is 0 Å². The largest absolute Gasteiger partial charge is 0.311 e. The number of nitrogens with zero attached hydrogens (tertiary/aromatic N) is 2. The lowest BCUT2D eigenvalue weighted by atomic mass is 9.93. The Balaban J connectivity index is 2.09. The van der Waals surface area contributed by atoms with Crippen LogP contribution in [0.1, 0.15) is 58.7 Å². The topological polar surface area (TPSA) is 28.2 Å². The first-order chi connectivity index (χ1) is 9.81. The quantitative estimate of drug-likeness (QED) is 0.920. The second kappa shape index (κ2) is 6.76. The Morgan fingerprint density at radius 3 is 2.76 bits per heavy atom. The standard InChI is InChI=1S/C17H31N3S/c1-7-12(2)14-8-18-13(3)9-20(14)10-16-19-15(11-21-16)17(4,5)6/h11-14,18H,7-10H2,1-6H3. The highest BCUT2D eigenvalue weighted by Gasteiger charge is 2.30. The first kappa shape index (κ1) is 16.9. The summed E-state index contributed by atoms with van der Waals surface area (Å²) in [5, 5.41) is 7.14. The average molecular weight is 310 g/mol. The Labute approximate surface area is 134 Å². The first-order valence-electron chi connectivity index (χ1n) is 8.23. The fourth-order valence-electron chi connectivity index (χ4n) is 2.92. The predicted octanol–water partition coefficient (Wildman–Crippen LogP) is 3.65. The smallest absolute Gasteiger partial charge is 0.107 e. The minimum absolute atomic E-state index is 0.154. The van der Waals surface area contributed by atoms with Gasteiger partial charge < -0.3 is 5.32 Å². The summed E-state index contributed by atoms with van der Waals surface area (Å²) in [6.45, 7) is 16.9. The van der Waals surface area contributed by atoms with E-state index in [9.17, 15) is 0 Å². The third-order valence-corrected chi connectivity index (χ3v) is 5.45. The van der Waals surface area contributed by atoms with E-state index < -0.39 is 0 Å². The van der Waals surface area contributed by atoms with E-state index in [4.69, 9.17) is 4.98 Å². The Kier molecular flexibility index (Phi) is 5.44. The van der Waals surface area contributed by atoms with Crippen molar-refractivity contribution in [3.8, 4) is 0 Å². The number of hydrogen-bond donors (Lipinski definition) is 1. The Morgan fingerprint density at radius 1 is 1.48 bits per heavy atom. The molecule has 0 saturated carbocycles. The zero-order valence-corrected chi connectivity index (χ0v) is 15.3. The summed E-state index contributed by atoms with van der Waals surface area (Å²) in [7, 11) is 0. The van der Waals surface area contributed by atoms with E-state index >= 15 is 0 Å². The first-order valence-corrected chi connectivity index (χ1v) is 9.11. The van der Waals surface area contributed by atoms with Gasteiger partial charge in [0.2, 0.25) is 0 Å². The van der Waals surface area contributed by atoms with Crippen molar-refractivity contribution in [3.05, 3.63) is 16.1 Å². The lowest BCUT2D eigenvalue weighted by Crippen LogP contribution is -2.57. The fourth-order valence-corrected chi connectivity index (χ4v) is 3.96. The minimum atomic E-state index is 0.154. The van der Waals surface area contributed by atoms with Crippen LogP contribution in [-0.4, -0.2) is 35.1 Å². The third kappa shape index (κ3) is 4.27. The fraction of sp³-hybridized carbons (Fsp3) is 0.824. The van der Waals surface area contributed by atoms with Crippen LogP contribution in [0.25, 0.3) is 0 Å². The molecule has 21 heavy (non-hydrogen) atoms. The number of nitrogens with one attached hydrogen (secondary N) is 1. The summed E-state index contributed by atoms with van der Waals surface area (Å²) in [5.41, 5.74) is 1.38. The molecule has 2 heterocycles.